The van der Waals surface area contributed by atoms with Crippen LogP contribution < -0.4 is 0 Å². The maximum absolute atomic E-state index is 11.4. The van der Waals surface area contributed by atoms with Gasteiger partial charge in [-0.2, -0.15) is 0 Å². The van der Waals surface area contributed by atoms with Gasteiger partial charge < -0.3 is 20.2 Å². The first-order chi connectivity index (χ1) is 18.1. The van der Waals surface area contributed by atoms with Gasteiger partial charge in [0.25, 0.3) is 0 Å². The molecule has 0 spiro atoms. The molecule has 8 nitrogen and oxygen atoms in total. The van der Waals surface area contributed by atoms with Crippen LogP contribution in [0.25, 0.3) is 44.9 Å². The summed E-state index contributed by atoms with van der Waals surface area (Å²) >= 11 is 0. The van der Waals surface area contributed by atoms with Crippen molar-refractivity contribution in [3.8, 4) is 0 Å². The minimum atomic E-state index is -0.868. The number of nitrogens with zero attached hydrogens (tertiary/aromatic N) is 2. The van der Waals surface area contributed by atoms with Crippen molar-refractivity contribution in [2.75, 3.05) is 0 Å². The summed E-state index contributed by atoms with van der Waals surface area (Å²) in [6.07, 6.45) is 2.74. The summed E-state index contributed by atoms with van der Waals surface area (Å²) < 4.78 is 0. The predicted octanol–water partition coefficient (Wildman–Crippen LogP) is 5.12. The fourth-order valence-corrected chi connectivity index (χ4v) is 5.11. The quantitative estimate of drug-likeness (QED) is 0.298. The molecule has 0 aromatic carbocycles. The van der Waals surface area contributed by atoms with Crippen LogP contribution in [0, 0.1) is 13.8 Å². The van der Waals surface area contributed by atoms with Crippen LogP contribution in [0.3, 0.4) is 0 Å². The number of H-pyrrole nitrogens is 2. The number of carboxylic acids is 2. The summed E-state index contributed by atoms with van der Waals surface area (Å²) in [5.41, 5.74) is 12.4. The van der Waals surface area contributed by atoms with E-state index in [1.807, 2.05) is 58.0 Å². The van der Waals surface area contributed by atoms with Crippen LogP contribution in [0.1, 0.15) is 72.6 Å². The number of aryl methyl sites for hydroxylation is 3. The molecule has 0 unspecified atom stereocenters. The second kappa shape index (κ2) is 11.1. The van der Waals surface area contributed by atoms with E-state index in [-0.39, 0.29) is 32.6 Å². The van der Waals surface area contributed by atoms with Gasteiger partial charge in [-0.3, -0.25) is 9.59 Å². The van der Waals surface area contributed by atoms with Gasteiger partial charge in [0.05, 0.1) is 22.8 Å². The van der Waals surface area contributed by atoms with E-state index in [1.165, 1.54) is 0 Å². The normalized spacial score (nSPS) is 12.8. The summed E-state index contributed by atoms with van der Waals surface area (Å²) in [6.45, 7) is 8.01. The molecule has 5 rings (SSSR count). The van der Waals surface area contributed by atoms with Gasteiger partial charge in [0.2, 0.25) is 0 Å². The number of rotatable bonds is 6. The van der Waals surface area contributed by atoms with Crippen LogP contribution in [0.15, 0.2) is 30.3 Å². The van der Waals surface area contributed by atoms with Gasteiger partial charge in [-0.05, 0) is 110 Å². The van der Waals surface area contributed by atoms with E-state index < -0.39 is 11.9 Å². The molecular formula is C30H33GaN4O4. The molecule has 2 aliphatic rings. The monoisotopic (exact) mass is 582 g/mol. The Kier molecular flexibility index (Phi) is 8.03. The molecule has 0 atom stereocenters. The van der Waals surface area contributed by atoms with Crippen LogP contribution in [0.2, 0.25) is 0 Å². The van der Waals surface area contributed by atoms with Crippen molar-refractivity contribution in [2.45, 2.75) is 53.4 Å². The van der Waals surface area contributed by atoms with Crippen LogP contribution in [-0.2, 0) is 16.0 Å². The van der Waals surface area contributed by atoms with Gasteiger partial charge in [0, 0.05) is 34.9 Å². The molecule has 5 heterocycles. The third-order valence-corrected chi connectivity index (χ3v) is 7.26. The Balaban J connectivity index is 0.00000353. The standard InChI is InChI=1S/C30H30N4O4.Ga.3H/c1-15-9-20-12-25-17(3)21(5-7-29(35)36)27(33-25)14-28-22(6-8-30(37)38)18(4)26(34-28)13-24-16(2)10-19(32-24)11-23(15)31-20;;;;/h9-14,31,34H,5-8H2,1-4H3,(H,35,36)(H,37,38);;;;. The van der Waals surface area contributed by atoms with Crippen molar-refractivity contribution in [1.29, 1.82) is 0 Å². The number of hydrogen-bond donors (Lipinski definition) is 4. The number of carboxylic acid groups (broad SMARTS) is 2. The number of nitrogens with one attached hydrogen (secondary N) is 2. The van der Waals surface area contributed by atoms with Crippen molar-refractivity contribution >= 4 is 76.6 Å². The van der Waals surface area contributed by atoms with E-state index in [2.05, 4.69) is 16.0 Å². The number of allylic oxidation sites excluding steroid dienone is 3. The summed E-state index contributed by atoms with van der Waals surface area (Å²) in [7, 11) is 0. The average molecular weight is 583 g/mol. The van der Waals surface area contributed by atoms with E-state index in [4.69, 9.17) is 9.97 Å². The maximum atomic E-state index is 11.4. The molecule has 3 aromatic heterocycles. The molecule has 200 valence electrons. The number of fused-ring (bicyclic) bond motifs is 8. The topological polar surface area (TPSA) is 132 Å². The first-order valence-electron chi connectivity index (χ1n) is 12.6. The number of aromatic amines is 2. The first kappa shape index (κ1) is 28.2. The molecule has 0 saturated carbocycles. The molecule has 4 N–H and O–H groups in total. The van der Waals surface area contributed by atoms with Crippen molar-refractivity contribution in [2.24, 2.45) is 0 Å². The Labute approximate surface area is 239 Å². The van der Waals surface area contributed by atoms with Gasteiger partial charge >= 0.3 is 31.7 Å². The van der Waals surface area contributed by atoms with Crippen LogP contribution in [-0.4, -0.2) is 61.9 Å². The fraction of sp³-hybridized carbons (Fsp3) is 0.267. The van der Waals surface area contributed by atoms with Crippen molar-refractivity contribution < 1.29 is 19.8 Å². The second-order valence-corrected chi connectivity index (χ2v) is 9.98. The van der Waals surface area contributed by atoms with Gasteiger partial charge in [0.1, 0.15) is 0 Å². The molecular weight excluding hydrogens is 550 g/mol. The Hall–Kier alpha value is -3.82. The molecule has 2 aliphatic heterocycles. The van der Waals surface area contributed by atoms with Gasteiger partial charge in [-0.25, -0.2) is 9.97 Å². The zero-order valence-electron chi connectivity index (χ0n) is 21.9. The van der Waals surface area contributed by atoms with Crippen LogP contribution in [0.5, 0.6) is 0 Å². The Bertz CT molecular complexity index is 1730. The summed E-state index contributed by atoms with van der Waals surface area (Å²) in [4.78, 5) is 39.5. The number of hydrogen-bond acceptors (Lipinski definition) is 4. The molecule has 0 amide bonds. The molecule has 0 radical (unpaired) electrons. The Morgan fingerprint density at radius 1 is 0.769 bits per heavy atom. The molecule has 3 aromatic rings. The van der Waals surface area contributed by atoms with E-state index in [0.29, 0.717) is 18.5 Å². The van der Waals surface area contributed by atoms with Crippen molar-refractivity contribution in [1.82, 2.24) is 19.9 Å². The molecule has 8 bridgehead atoms. The SMILES string of the molecule is CC1=Cc2cc3[nH]c(cc4nc(cc5[nH]c(cc1n2)c(C)c5CCC(=O)O)C(CCC(=O)O)=C4C)cc3C.[GaH3]. The van der Waals surface area contributed by atoms with Gasteiger partial charge in [-0.1, -0.05) is 0 Å². The molecule has 0 aliphatic carbocycles. The summed E-state index contributed by atoms with van der Waals surface area (Å²) in [5, 5.41) is 18.7. The van der Waals surface area contributed by atoms with Gasteiger partial charge in [0.15, 0.2) is 0 Å². The van der Waals surface area contributed by atoms with E-state index in [0.717, 1.165) is 72.6 Å². The van der Waals surface area contributed by atoms with E-state index in [9.17, 15) is 19.8 Å². The molecule has 0 fully saturated rings. The third kappa shape index (κ3) is 5.79. The summed E-state index contributed by atoms with van der Waals surface area (Å²) in [5.74, 6) is -1.73. The number of aliphatic carboxylic acids is 2. The Morgan fingerprint density at radius 3 is 2.18 bits per heavy atom. The molecule has 39 heavy (non-hydrogen) atoms. The number of aromatic nitrogens is 4. The Morgan fingerprint density at radius 2 is 1.46 bits per heavy atom. The van der Waals surface area contributed by atoms with Crippen LogP contribution >= 0.6 is 0 Å². The molecule has 9 heteroatoms. The van der Waals surface area contributed by atoms with Crippen molar-refractivity contribution in [3.63, 3.8) is 0 Å². The zero-order chi connectivity index (χ0) is 27.1. The predicted molar refractivity (Wildman–Crippen MR) is 159 cm³/mol. The van der Waals surface area contributed by atoms with Crippen molar-refractivity contribution in [3.05, 3.63) is 69.8 Å². The third-order valence-electron chi connectivity index (χ3n) is 7.26. The summed E-state index contributed by atoms with van der Waals surface area (Å²) in [6, 6.07) is 9.98. The zero-order valence-corrected chi connectivity index (χ0v) is 21.9. The first-order valence-corrected chi connectivity index (χ1v) is 12.6. The average Bonchev–Trinajstić information content (AvgIpc) is 3.53. The number of carbonyl (C=O) groups is 2. The minimum absolute atomic E-state index is 0. The molecule has 0 saturated heterocycles. The van der Waals surface area contributed by atoms with Crippen LogP contribution in [0.4, 0.5) is 0 Å². The van der Waals surface area contributed by atoms with E-state index in [1.54, 1.807) is 0 Å². The van der Waals surface area contributed by atoms with Gasteiger partial charge in [-0.15, -0.1) is 0 Å². The van der Waals surface area contributed by atoms with E-state index >= 15 is 0 Å². The fourth-order valence-electron chi connectivity index (χ4n) is 5.11. The second-order valence-electron chi connectivity index (χ2n) is 9.98.